The first-order valence-corrected chi connectivity index (χ1v) is 3.19. The van der Waals surface area contributed by atoms with Crippen LogP contribution < -0.4 is 0 Å². The van der Waals surface area contributed by atoms with Crippen molar-refractivity contribution in [2.45, 2.75) is 38.3 Å². The molecule has 0 amide bonds. The van der Waals surface area contributed by atoms with Gasteiger partial charge in [-0.2, -0.15) is 0 Å². The van der Waals surface area contributed by atoms with Crippen LogP contribution in [-0.2, 0) is 0 Å². The third-order valence-electron chi connectivity index (χ3n) is 1.34. The van der Waals surface area contributed by atoms with E-state index in [4.69, 9.17) is 20.4 Å². The molecule has 4 nitrogen and oxygen atoms in total. The van der Waals surface area contributed by atoms with Crippen molar-refractivity contribution in [3.63, 3.8) is 0 Å². The Morgan fingerprint density at radius 1 is 0.700 bits per heavy atom. The molecule has 0 aromatic rings. The van der Waals surface area contributed by atoms with Gasteiger partial charge < -0.3 is 20.4 Å². The highest BCUT2D eigenvalue weighted by Gasteiger charge is 2.24. The summed E-state index contributed by atoms with van der Waals surface area (Å²) in [6.07, 6.45) is -4.60. The molecule has 0 saturated carbocycles. The van der Waals surface area contributed by atoms with Gasteiger partial charge in [0.05, 0.1) is 12.2 Å². The molecule has 2 unspecified atom stereocenters. The Kier molecular flexibility index (Phi) is 3.81. The van der Waals surface area contributed by atoms with E-state index in [0.717, 1.165) is 0 Å². The standard InChI is InChI=1S/C6H14O4/c1-3(7)5(9)6(10)4(2)8/h3-10H,1-2H3/t3?,4?,5-,6-/m0/s1. The van der Waals surface area contributed by atoms with Gasteiger partial charge in [-0.1, -0.05) is 0 Å². The molecule has 0 aromatic heterocycles. The summed E-state index contributed by atoms with van der Waals surface area (Å²) in [5, 5.41) is 35.2. The summed E-state index contributed by atoms with van der Waals surface area (Å²) in [4.78, 5) is 0. The van der Waals surface area contributed by atoms with Gasteiger partial charge in [0, 0.05) is 0 Å². The van der Waals surface area contributed by atoms with Crippen LogP contribution >= 0.6 is 0 Å². The summed E-state index contributed by atoms with van der Waals surface area (Å²) >= 11 is 0. The Morgan fingerprint density at radius 3 is 1.00 bits per heavy atom. The van der Waals surface area contributed by atoms with Crippen molar-refractivity contribution in [2.24, 2.45) is 0 Å². The fourth-order valence-corrected chi connectivity index (χ4v) is 0.571. The van der Waals surface area contributed by atoms with Crippen LogP contribution in [0.3, 0.4) is 0 Å². The molecule has 0 rings (SSSR count). The lowest BCUT2D eigenvalue weighted by Crippen LogP contribution is -2.41. The number of aliphatic hydroxyl groups excluding tert-OH is 4. The van der Waals surface area contributed by atoms with Crippen LogP contribution in [0.15, 0.2) is 0 Å². The molecule has 4 N–H and O–H groups in total. The lowest BCUT2D eigenvalue weighted by molar-refractivity contribution is -0.0947. The molecule has 0 radical (unpaired) electrons. The van der Waals surface area contributed by atoms with Gasteiger partial charge in [0.25, 0.3) is 0 Å². The van der Waals surface area contributed by atoms with Crippen LogP contribution in [0.5, 0.6) is 0 Å². The molecule has 0 aliphatic heterocycles. The highest BCUT2D eigenvalue weighted by molar-refractivity contribution is 4.75. The summed E-state index contributed by atoms with van der Waals surface area (Å²) in [6, 6.07) is 0. The van der Waals surface area contributed by atoms with Crippen molar-refractivity contribution in [1.29, 1.82) is 0 Å². The molecule has 0 heterocycles. The van der Waals surface area contributed by atoms with E-state index in [2.05, 4.69) is 0 Å². The lowest BCUT2D eigenvalue weighted by atomic mass is 10.1. The molecule has 10 heavy (non-hydrogen) atoms. The second kappa shape index (κ2) is 3.88. The van der Waals surface area contributed by atoms with Gasteiger partial charge in [0.15, 0.2) is 0 Å². The molecule has 0 aromatic carbocycles. The van der Waals surface area contributed by atoms with Crippen molar-refractivity contribution < 1.29 is 20.4 Å². The maximum Gasteiger partial charge on any atom is 0.108 e. The number of rotatable bonds is 3. The number of hydrogen-bond donors (Lipinski definition) is 4. The molecule has 4 heteroatoms. The minimum Gasteiger partial charge on any atom is -0.391 e. The third-order valence-corrected chi connectivity index (χ3v) is 1.34. The molecule has 0 bridgehead atoms. The monoisotopic (exact) mass is 150 g/mol. The van der Waals surface area contributed by atoms with Crippen LogP contribution in [0.1, 0.15) is 13.8 Å². The molecular formula is C6H14O4. The van der Waals surface area contributed by atoms with E-state index < -0.39 is 24.4 Å². The number of hydrogen-bond acceptors (Lipinski definition) is 4. The van der Waals surface area contributed by atoms with Gasteiger partial charge >= 0.3 is 0 Å². The Hall–Kier alpha value is -0.160. The summed E-state index contributed by atoms with van der Waals surface area (Å²) in [7, 11) is 0. The van der Waals surface area contributed by atoms with Gasteiger partial charge in [-0.05, 0) is 13.8 Å². The van der Waals surface area contributed by atoms with Crippen LogP contribution in [0.4, 0.5) is 0 Å². The Labute approximate surface area is 59.7 Å². The first kappa shape index (κ1) is 9.84. The van der Waals surface area contributed by atoms with Crippen LogP contribution in [-0.4, -0.2) is 44.8 Å². The average molecular weight is 150 g/mol. The molecule has 0 spiro atoms. The highest BCUT2D eigenvalue weighted by atomic mass is 16.4. The zero-order chi connectivity index (χ0) is 8.31. The maximum absolute atomic E-state index is 8.91. The molecular weight excluding hydrogens is 136 g/mol. The Morgan fingerprint density at radius 2 is 0.900 bits per heavy atom. The predicted molar refractivity (Wildman–Crippen MR) is 35.4 cm³/mol. The normalized spacial score (nSPS) is 23.4. The summed E-state index contributed by atoms with van der Waals surface area (Å²) in [5.41, 5.74) is 0. The summed E-state index contributed by atoms with van der Waals surface area (Å²) in [6.45, 7) is 2.69. The molecule has 4 atom stereocenters. The second-order valence-corrected chi connectivity index (χ2v) is 2.46. The summed E-state index contributed by atoms with van der Waals surface area (Å²) < 4.78 is 0. The van der Waals surface area contributed by atoms with Crippen molar-refractivity contribution in [1.82, 2.24) is 0 Å². The lowest BCUT2D eigenvalue weighted by Gasteiger charge is -2.21. The quantitative estimate of drug-likeness (QED) is 0.393. The average Bonchev–Trinajstić information content (AvgIpc) is 1.84. The molecule has 0 aliphatic rings. The zero-order valence-electron chi connectivity index (χ0n) is 6.10. The largest absolute Gasteiger partial charge is 0.391 e. The van der Waals surface area contributed by atoms with Gasteiger partial charge in [-0.25, -0.2) is 0 Å². The molecule has 0 aliphatic carbocycles. The SMILES string of the molecule is CC(O)[C@H](O)[C@@H](O)C(C)O. The van der Waals surface area contributed by atoms with E-state index in [9.17, 15) is 0 Å². The highest BCUT2D eigenvalue weighted by Crippen LogP contribution is 2.03. The Balaban J connectivity index is 3.81. The maximum atomic E-state index is 8.91. The predicted octanol–water partition coefficient (Wildman–Crippen LogP) is -1.53. The summed E-state index contributed by atoms with van der Waals surface area (Å²) in [5.74, 6) is 0. The van der Waals surface area contributed by atoms with Gasteiger partial charge in [0.2, 0.25) is 0 Å². The van der Waals surface area contributed by atoms with E-state index in [1.165, 1.54) is 13.8 Å². The van der Waals surface area contributed by atoms with Crippen LogP contribution in [0.25, 0.3) is 0 Å². The second-order valence-electron chi connectivity index (χ2n) is 2.46. The van der Waals surface area contributed by atoms with Gasteiger partial charge in [-0.3, -0.25) is 0 Å². The van der Waals surface area contributed by atoms with Crippen LogP contribution in [0, 0.1) is 0 Å². The zero-order valence-corrected chi connectivity index (χ0v) is 6.10. The molecule has 0 saturated heterocycles. The number of aliphatic hydroxyl groups is 4. The molecule has 0 fully saturated rings. The third kappa shape index (κ3) is 2.62. The topological polar surface area (TPSA) is 80.9 Å². The van der Waals surface area contributed by atoms with E-state index in [1.807, 2.05) is 0 Å². The van der Waals surface area contributed by atoms with Crippen molar-refractivity contribution in [2.75, 3.05) is 0 Å². The van der Waals surface area contributed by atoms with E-state index in [1.54, 1.807) is 0 Å². The minimum absolute atomic E-state index is 1.02. The van der Waals surface area contributed by atoms with E-state index in [0.29, 0.717) is 0 Å². The fraction of sp³-hybridized carbons (Fsp3) is 1.00. The van der Waals surface area contributed by atoms with Crippen molar-refractivity contribution in [3.05, 3.63) is 0 Å². The van der Waals surface area contributed by atoms with E-state index in [-0.39, 0.29) is 0 Å². The van der Waals surface area contributed by atoms with E-state index >= 15 is 0 Å². The van der Waals surface area contributed by atoms with Gasteiger partial charge in [-0.15, -0.1) is 0 Å². The van der Waals surface area contributed by atoms with Crippen molar-refractivity contribution in [3.8, 4) is 0 Å². The van der Waals surface area contributed by atoms with Gasteiger partial charge in [0.1, 0.15) is 12.2 Å². The smallest absolute Gasteiger partial charge is 0.108 e. The fourth-order valence-electron chi connectivity index (χ4n) is 0.571. The minimum atomic E-state index is -1.28. The van der Waals surface area contributed by atoms with Crippen LogP contribution in [0.2, 0.25) is 0 Å². The molecule has 62 valence electrons. The van der Waals surface area contributed by atoms with Crippen molar-refractivity contribution >= 4 is 0 Å². The first-order valence-electron chi connectivity index (χ1n) is 3.19. The first-order chi connectivity index (χ1) is 4.46. The Bertz CT molecular complexity index is 79.7.